The van der Waals surface area contributed by atoms with Crippen LogP contribution >= 0.6 is 11.8 Å². The van der Waals surface area contributed by atoms with E-state index in [-0.39, 0.29) is 41.4 Å². The van der Waals surface area contributed by atoms with Crippen molar-refractivity contribution in [3.63, 3.8) is 0 Å². The Morgan fingerprint density at radius 2 is 1.74 bits per heavy atom. The molecule has 1 aromatic heterocycles. The van der Waals surface area contributed by atoms with E-state index in [4.69, 9.17) is 15.2 Å². The van der Waals surface area contributed by atoms with Crippen LogP contribution in [-0.4, -0.2) is 23.5 Å². The van der Waals surface area contributed by atoms with Crippen molar-refractivity contribution in [3.8, 4) is 22.6 Å². The van der Waals surface area contributed by atoms with Crippen LogP contribution in [0.15, 0.2) is 70.5 Å². The first-order valence-electron chi connectivity index (χ1n) is 13.2. The van der Waals surface area contributed by atoms with Gasteiger partial charge in [-0.2, -0.15) is 13.2 Å². The second kappa shape index (κ2) is 10.8. The zero-order valence-corrected chi connectivity index (χ0v) is 23.1. The molecular weight excluding hydrogens is 575 g/mol. The third-order valence-corrected chi connectivity index (χ3v) is 8.98. The Balaban J connectivity index is 1.60. The van der Waals surface area contributed by atoms with E-state index in [2.05, 4.69) is 0 Å². The molecule has 2 aliphatic heterocycles. The number of nitrogens with two attached hydrogens (primary N) is 1. The van der Waals surface area contributed by atoms with Crippen molar-refractivity contribution >= 4 is 11.8 Å². The molecule has 5 nitrogen and oxygen atoms in total. The van der Waals surface area contributed by atoms with Crippen LogP contribution in [-0.2, 0) is 12.6 Å². The van der Waals surface area contributed by atoms with Crippen molar-refractivity contribution in [2.45, 2.75) is 36.6 Å². The maximum Gasteiger partial charge on any atom is 0.416 e. The number of ether oxygens (including phenoxy) is 2. The number of nitrogens with zero attached hydrogens (tertiary/aromatic N) is 1. The van der Waals surface area contributed by atoms with Crippen LogP contribution in [0.1, 0.15) is 39.9 Å². The van der Waals surface area contributed by atoms with Crippen LogP contribution in [0.3, 0.4) is 0 Å². The molecule has 218 valence electrons. The summed E-state index contributed by atoms with van der Waals surface area (Å²) in [5.41, 5.74) is 5.58. The highest BCUT2D eigenvalue weighted by atomic mass is 32.2. The Morgan fingerprint density at radius 1 is 1.00 bits per heavy atom. The van der Waals surface area contributed by atoms with E-state index in [9.17, 15) is 18.0 Å². The average Bonchev–Trinajstić information content (AvgIpc) is 3.42. The molecule has 3 heterocycles. The molecule has 0 spiro atoms. The van der Waals surface area contributed by atoms with E-state index in [1.807, 2.05) is 30.3 Å². The van der Waals surface area contributed by atoms with Gasteiger partial charge in [0.2, 0.25) is 0 Å². The predicted octanol–water partition coefficient (Wildman–Crippen LogP) is 6.83. The highest BCUT2D eigenvalue weighted by Gasteiger charge is 2.38. The number of pyridine rings is 1. The first kappa shape index (κ1) is 28.3. The molecule has 0 radical (unpaired) electrons. The quantitative estimate of drug-likeness (QED) is 0.255. The largest absolute Gasteiger partial charge is 0.486 e. The Hall–Kier alpha value is -3.83. The summed E-state index contributed by atoms with van der Waals surface area (Å²) in [6.07, 6.45) is -5.28. The Labute approximate surface area is 242 Å². The van der Waals surface area contributed by atoms with Gasteiger partial charge in [-0.05, 0) is 47.9 Å². The van der Waals surface area contributed by atoms with Crippen molar-refractivity contribution in [3.05, 3.63) is 110 Å². The molecule has 0 saturated carbocycles. The van der Waals surface area contributed by atoms with Gasteiger partial charge in [-0.25, -0.2) is 8.78 Å². The molecule has 11 heteroatoms. The molecule has 0 saturated heterocycles. The standard InChI is InChI=1S/C31H25F5N2O3S/c1-16-19(14-20-21(31(34,35)36)8-5-9-22(20)32)30-38(23(15-42-30)27(37)17-6-3-2-4-7-17)29(39)25(16)18-10-11-24-28(26(18)33)41-13-12-40-24/h2-11,23,27H,12-15,37H2,1H3/t23-,27?/m1/s1. The number of hydrogen-bond donors (Lipinski definition) is 1. The lowest BCUT2D eigenvalue weighted by Crippen LogP contribution is -2.33. The zero-order valence-electron chi connectivity index (χ0n) is 22.3. The topological polar surface area (TPSA) is 66.5 Å². The van der Waals surface area contributed by atoms with Gasteiger partial charge in [-0.3, -0.25) is 9.36 Å². The third-order valence-electron chi connectivity index (χ3n) is 7.75. The minimum Gasteiger partial charge on any atom is -0.486 e. The second-order valence-electron chi connectivity index (χ2n) is 10.2. The van der Waals surface area contributed by atoms with Gasteiger partial charge in [-0.1, -0.05) is 36.4 Å². The van der Waals surface area contributed by atoms with Crippen molar-refractivity contribution < 1.29 is 31.4 Å². The number of thioether (sulfide) groups is 1. The summed E-state index contributed by atoms with van der Waals surface area (Å²) in [6.45, 7) is 1.89. The molecule has 0 fully saturated rings. The highest BCUT2D eigenvalue weighted by Crippen LogP contribution is 2.45. The van der Waals surface area contributed by atoms with Crippen molar-refractivity contribution in [2.75, 3.05) is 19.0 Å². The number of fused-ring (bicyclic) bond motifs is 2. The molecular formula is C31H25F5N2O3S. The van der Waals surface area contributed by atoms with Gasteiger partial charge in [0.1, 0.15) is 19.0 Å². The minimum atomic E-state index is -4.81. The molecule has 0 bridgehead atoms. The van der Waals surface area contributed by atoms with Crippen LogP contribution < -0.4 is 20.8 Å². The van der Waals surface area contributed by atoms with E-state index in [0.29, 0.717) is 16.3 Å². The summed E-state index contributed by atoms with van der Waals surface area (Å²) in [7, 11) is 0. The first-order valence-corrected chi connectivity index (χ1v) is 14.2. The fraction of sp³-hybridized carbons (Fsp3) is 0.258. The van der Waals surface area contributed by atoms with Gasteiger partial charge >= 0.3 is 6.18 Å². The number of rotatable bonds is 5. The van der Waals surface area contributed by atoms with Gasteiger partial charge < -0.3 is 15.2 Å². The number of hydrogen-bond acceptors (Lipinski definition) is 5. The SMILES string of the molecule is Cc1c(Cc2c(F)cccc2C(F)(F)F)c2n(c(=O)c1-c1ccc3c(c1F)OCCO3)[C@@H](C(N)c1ccccc1)CS2. The normalized spacial score (nSPS) is 16.8. The van der Waals surface area contributed by atoms with Crippen molar-refractivity contribution in [1.82, 2.24) is 4.57 Å². The van der Waals surface area contributed by atoms with E-state index in [1.165, 1.54) is 28.5 Å². The summed E-state index contributed by atoms with van der Waals surface area (Å²) in [4.78, 5) is 14.2. The number of alkyl halides is 3. The molecule has 0 amide bonds. The Kier molecular flexibility index (Phi) is 7.26. The van der Waals surface area contributed by atoms with Crippen LogP contribution in [0.25, 0.3) is 11.1 Å². The predicted molar refractivity (Wildman–Crippen MR) is 149 cm³/mol. The smallest absolute Gasteiger partial charge is 0.416 e. The van der Waals surface area contributed by atoms with Crippen molar-refractivity contribution in [1.29, 1.82) is 0 Å². The van der Waals surface area contributed by atoms with Gasteiger partial charge in [0.05, 0.1) is 28.2 Å². The molecule has 4 aromatic rings. The molecule has 42 heavy (non-hydrogen) atoms. The lowest BCUT2D eigenvalue weighted by atomic mass is 9.91. The Morgan fingerprint density at radius 3 is 2.48 bits per heavy atom. The first-order chi connectivity index (χ1) is 20.1. The van der Waals surface area contributed by atoms with Gasteiger partial charge in [0.15, 0.2) is 17.3 Å². The van der Waals surface area contributed by atoms with Gasteiger partial charge in [0.25, 0.3) is 5.56 Å². The number of benzene rings is 3. The Bertz CT molecular complexity index is 1740. The van der Waals surface area contributed by atoms with E-state index < -0.39 is 53.0 Å². The number of halogens is 5. The summed E-state index contributed by atoms with van der Waals surface area (Å²) >= 11 is 1.26. The van der Waals surface area contributed by atoms with Crippen LogP contribution in [0.2, 0.25) is 0 Å². The molecule has 2 atom stereocenters. The second-order valence-corrected chi connectivity index (χ2v) is 11.2. The molecule has 2 aliphatic rings. The summed E-state index contributed by atoms with van der Waals surface area (Å²) in [5, 5.41) is 0.381. The summed E-state index contributed by atoms with van der Waals surface area (Å²) in [5.74, 6) is -1.47. The van der Waals surface area contributed by atoms with Crippen LogP contribution in [0, 0.1) is 18.6 Å². The molecule has 0 aliphatic carbocycles. The molecule has 3 aromatic carbocycles. The summed E-state index contributed by atoms with van der Waals surface area (Å²) < 4.78 is 85.3. The van der Waals surface area contributed by atoms with Crippen LogP contribution in [0.4, 0.5) is 22.0 Å². The number of aromatic nitrogens is 1. The zero-order chi connectivity index (χ0) is 29.8. The third kappa shape index (κ3) is 4.74. The fourth-order valence-electron chi connectivity index (χ4n) is 5.67. The maximum atomic E-state index is 15.9. The highest BCUT2D eigenvalue weighted by molar-refractivity contribution is 7.99. The molecule has 6 rings (SSSR count). The maximum absolute atomic E-state index is 15.9. The van der Waals surface area contributed by atoms with E-state index >= 15 is 8.78 Å². The minimum absolute atomic E-state index is 0.0547. The summed E-state index contributed by atoms with van der Waals surface area (Å²) in [6, 6.07) is 13.5. The lowest BCUT2D eigenvalue weighted by Gasteiger charge is -2.25. The molecule has 1 unspecified atom stereocenters. The van der Waals surface area contributed by atoms with E-state index in [1.54, 1.807) is 6.92 Å². The van der Waals surface area contributed by atoms with Gasteiger partial charge in [0, 0.05) is 23.3 Å². The molecule has 2 N–H and O–H groups in total. The van der Waals surface area contributed by atoms with Crippen LogP contribution in [0.5, 0.6) is 11.5 Å². The van der Waals surface area contributed by atoms with E-state index in [0.717, 1.165) is 23.8 Å². The van der Waals surface area contributed by atoms with Crippen molar-refractivity contribution in [2.24, 2.45) is 5.73 Å². The lowest BCUT2D eigenvalue weighted by molar-refractivity contribution is -0.138. The fourth-order valence-corrected chi connectivity index (χ4v) is 7.11. The monoisotopic (exact) mass is 600 g/mol. The van der Waals surface area contributed by atoms with Gasteiger partial charge in [-0.15, -0.1) is 11.8 Å². The average molecular weight is 601 g/mol.